The van der Waals surface area contributed by atoms with Gasteiger partial charge in [0.25, 0.3) is 0 Å². The van der Waals surface area contributed by atoms with Gasteiger partial charge in [-0.2, -0.15) is 0 Å². The fourth-order valence-electron chi connectivity index (χ4n) is 1.45. The molecule has 1 aromatic rings. The summed E-state index contributed by atoms with van der Waals surface area (Å²) in [4.78, 5) is 8.52. The molecular formula is C10H19N5OS. The van der Waals surface area contributed by atoms with Crippen LogP contribution in [0.25, 0.3) is 0 Å². The maximum atomic E-state index is 11.1. The lowest BCUT2D eigenvalue weighted by atomic mass is 10.3. The molecule has 0 aliphatic rings. The van der Waals surface area contributed by atoms with Gasteiger partial charge in [-0.3, -0.25) is 4.21 Å². The highest BCUT2D eigenvalue weighted by Crippen LogP contribution is 2.12. The Morgan fingerprint density at radius 3 is 2.65 bits per heavy atom. The van der Waals surface area contributed by atoms with E-state index in [1.807, 2.05) is 13.8 Å². The second kappa shape index (κ2) is 6.51. The minimum atomic E-state index is -0.830. The lowest BCUT2D eigenvalue weighted by molar-refractivity contribution is 0.682. The molecule has 0 amide bonds. The molecule has 0 aromatic carbocycles. The van der Waals surface area contributed by atoms with E-state index in [0.717, 1.165) is 6.42 Å². The van der Waals surface area contributed by atoms with E-state index in [-0.39, 0.29) is 6.04 Å². The number of nitrogen functional groups attached to an aromatic ring is 1. The molecule has 0 saturated heterocycles. The first kappa shape index (κ1) is 13.9. The molecule has 4 N–H and O–H groups in total. The fraction of sp³-hybridized carbons (Fsp3) is 0.600. The number of nitrogens with two attached hydrogens (primary N) is 1. The Labute approximate surface area is 104 Å². The minimum absolute atomic E-state index is 0.0889. The fourth-order valence-corrected chi connectivity index (χ4v) is 2.24. The minimum Gasteiger partial charge on any atom is -0.367 e. The van der Waals surface area contributed by atoms with Crippen molar-refractivity contribution < 1.29 is 4.21 Å². The Hall–Kier alpha value is -1.21. The van der Waals surface area contributed by atoms with Gasteiger partial charge in [0.15, 0.2) is 0 Å². The number of nitrogens with zero attached hydrogens (tertiary/aromatic N) is 2. The van der Waals surface area contributed by atoms with E-state index >= 15 is 0 Å². The summed E-state index contributed by atoms with van der Waals surface area (Å²) >= 11 is 0. The standard InChI is InChI=1S/C10H19N5OS/c1-4-8-13-9(5-10(14-8)15-11)12-7(2)6-17(3)16/h5,7H,4,6,11H2,1-3H3,(H2,12,13,14,15). The number of hydrogen-bond acceptors (Lipinski definition) is 6. The van der Waals surface area contributed by atoms with Crippen molar-refractivity contribution in [3.8, 4) is 0 Å². The predicted octanol–water partition coefficient (Wildman–Crippen LogP) is 0.503. The van der Waals surface area contributed by atoms with Gasteiger partial charge in [0.2, 0.25) is 0 Å². The number of hydrogen-bond donors (Lipinski definition) is 3. The zero-order valence-electron chi connectivity index (χ0n) is 10.4. The molecule has 2 unspecified atom stereocenters. The number of hydrazine groups is 1. The topological polar surface area (TPSA) is 92.9 Å². The third-order valence-corrected chi connectivity index (χ3v) is 3.08. The largest absolute Gasteiger partial charge is 0.367 e. The van der Waals surface area contributed by atoms with Crippen LogP contribution in [-0.2, 0) is 17.2 Å². The first-order valence-electron chi connectivity index (χ1n) is 5.46. The van der Waals surface area contributed by atoms with Crippen LogP contribution in [-0.4, -0.2) is 32.2 Å². The van der Waals surface area contributed by atoms with E-state index in [0.29, 0.717) is 23.2 Å². The summed E-state index contributed by atoms with van der Waals surface area (Å²) in [6.45, 7) is 3.94. The Morgan fingerprint density at radius 2 is 2.12 bits per heavy atom. The molecular weight excluding hydrogens is 238 g/mol. The maximum Gasteiger partial charge on any atom is 0.145 e. The van der Waals surface area contributed by atoms with Gasteiger partial charge in [0.05, 0.1) is 0 Å². The van der Waals surface area contributed by atoms with Crippen LogP contribution in [0.1, 0.15) is 19.7 Å². The van der Waals surface area contributed by atoms with Crippen LogP contribution in [0.3, 0.4) is 0 Å². The molecule has 1 heterocycles. The van der Waals surface area contributed by atoms with E-state index < -0.39 is 10.8 Å². The highest BCUT2D eigenvalue weighted by atomic mass is 32.2. The van der Waals surface area contributed by atoms with Crippen molar-refractivity contribution in [1.29, 1.82) is 0 Å². The second-order valence-electron chi connectivity index (χ2n) is 3.84. The van der Waals surface area contributed by atoms with Crippen LogP contribution in [0, 0.1) is 0 Å². The van der Waals surface area contributed by atoms with Gasteiger partial charge in [-0.1, -0.05) is 6.92 Å². The Balaban J connectivity index is 2.79. The van der Waals surface area contributed by atoms with Crippen LogP contribution in [0.4, 0.5) is 11.6 Å². The van der Waals surface area contributed by atoms with E-state index in [1.54, 1.807) is 12.3 Å². The lowest BCUT2D eigenvalue weighted by Crippen LogP contribution is -2.23. The molecule has 0 radical (unpaired) electrons. The summed E-state index contributed by atoms with van der Waals surface area (Å²) in [7, 11) is -0.830. The van der Waals surface area contributed by atoms with E-state index in [9.17, 15) is 4.21 Å². The molecule has 0 aliphatic heterocycles. The maximum absolute atomic E-state index is 11.1. The summed E-state index contributed by atoms with van der Waals surface area (Å²) in [6, 6.07) is 1.82. The molecule has 0 saturated carbocycles. The summed E-state index contributed by atoms with van der Waals surface area (Å²) in [6.07, 6.45) is 2.42. The molecule has 0 spiro atoms. The highest BCUT2D eigenvalue weighted by molar-refractivity contribution is 7.84. The third-order valence-electron chi connectivity index (χ3n) is 2.12. The first-order chi connectivity index (χ1) is 8.05. The summed E-state index contributed by atoms with van der Waals surface area (Å²) in [5.41, 5.74) is 2.50. The SMILES string of the molecule is CCc1nc(NN)cc(NC(C)CS(C)=O)n1. The smallest absolute Gasteiger partial charge is 0.145 e. The third kappa shape index (κ3) is 4.66. The normalized spacial score (nSPS) is 14.1. The molecule has 6 nitrogen and oxygen atoms in total. The Bertz CT molecular complexity index is 376. The number of nitrogens with one attached hydrogen (secondary N) is 2. The van der Waals surface area contributed by atoms with Crippen molar-refractivity contribution >= 4 is 22.4 Å². The Kier molecular flexibility index (Phi) is 5.30. The molecule has 0 fully saturated rings. The van der Waals surface area contributed by atoms with Crippen LogP contribution in [0.5, 0.6) is 0 Å². The summed E-state index contributed by atoms with van der Waals surface area (Å²) in [5.74, 6) is 7.90. The number of anilines is 2. The van der Waals surface area contributed by atoms with Crippen LogP contribution < -0.4 is 16.6 Å². The monoisotopic (exact) mass is 257 g/mol. The Morgan fingerprint density at radius 1 is 1.47 bits per heavy atom. The van der Waals surface area contributed by atoms with Gasteiger partial charge in [-0.05, 0) is 6.92 Å². The zero-order chi connectivity index (χ0) is 12.8. The zero-order valence-corrected chi connectivity index (χ0v) is 11.2. The van der Waals surface area contributed by atoms with Crippen molar-refractivity contribution in [2.24, 2.45) is 5.84 Å². The van der Waals surface area contributed by atoms with Crippen LogP contribution >= 0.6 is 0 Å². The van der Waals surface area contributed by atoms with E-state index in [2.05, 4.69) is 20.7 Å². The molecule has 0 bridgehead atoms. The van der Waals surface area contributed by atoms with Crippen molar-refractivity contribution in [2.45, 2.75) is 26.3 Å². The average molecular weight is 257 g/mol. The highest BCUT2D eigenvalue weighted by Gasteiger charge is 2.07. The van der Waals surface area contributed by atoms with Gasteiger partial charge < -0.3 is 10.7 Å². The van der Waals surface area contributed by atoms with Gasteiger partial charge >= 0.3 is 0 Å². The second-order valence-corrected chi connectivity index (χ2v) is 5.32. The summed E-state index contributed by atoms with van der Waals surface area (Å²) in [5, 5.41) is 3.18. The van der Waals surface area contributed by atoms with Gasteiger partial charge in [0.1, 0.15) is 17.5 Å². The quantitative estimate of drug-likeness (QED) is 0.508. The number of rotatable bonds is 6. The molecule has 96 valence electrons. The molecule has 17 heavy (non-hydrogen) atoms. The molecule has 1 rings (SSSR count). The molecule has 1 aromatic heterocycles. The van der Waals surface area contributed by atoms with E-state index in [1.165, 1.54) is 0 Å². The predicted molar refractivity (Wildman–Crippen MR) is 71.2 cm³/mol. The number of aryl methyl sites for hydroxylation is 1. The van der Waals surface area contributed by atoms with Gasteiger partial charge in [-0.25, -0.2) is 15.8 Å². The number of aromatic nitrogens is 2. The van der Waals surface area contributed by atoms with Gasteiger partial charge in [-0.15, -0.1) is 0 Å². The molecule has 7 heteroatoms. The first-order valence-corrected chi connectivity index (χ1v) is 7.19. The molecule has 0 aliphatic carbocycles. The van der Waals surface area contributed by atoms with Crippen molar-refractivity contribution in [2.75, 3.05) is 22.8 Å². The van der Waals surface area contributed by atoms with Crippen LogP contribution in [0.15, 0.2) is 6.07 Å². The average Bonchev–Trinajstić information content (AvgIpc) is 2.27. The van der Waals surface area contributed by atoms with Crippen molar-refractivity contribution in [1.82, 2.24) is 9.97 Å². The van der Waals surface area contributed by atoms with Crippen molar-refractivity contribution in [3.05, 3.63) is 11.9 Å². The summed E-state index contributed by atoms with van der Waals surface area (Å²) < 4.78 is 11.1. The molecule has 2 atom stereocenters. The van der Waals surface area contributed by atoms with Gasteiger partial charge in [0, 0.05) is 41.3 Å². The van der Waals surface area contributed by atoms with Crippen molar-refractivity contribution in [3.63, 3.8) is 0 Å². The van der Waals surface area contributed by atoms with E-state index in [4.69, 9.17) is 5.84 Å². The lowest BCUT2D eigenvalue weighted by Gasteiger charge is -2.14. The van der Waals surface area contributed by atoms with Crippen LogP contribution in [0.2, 0.25) is 0 Å².